The Morgan fingerprint density at radius 2 is 1.92 bits per heavy atom. The summed E-state index contributed by atoms with van der Waals surface area (Å²) in [5.74, 6) is 0.230. The Hall–Kier alpha value is -4.20. The summed E-state index contributed by atoms with van der Waals surface area (Å²) in [6, 6.07) is 13.1. The van der Waals surface area contributed by atoms with Gasteiger partial charge in [-0.1, -0.05) is 35.9 Å². The van der Waals surface area contributed by atoms with Crippen molar-refractivity contribution in [1.29, 1.82) is 5.26 Å². The SMILES string of the molecule is C[C@@H]1CN(c2ncc(-c3ccc4c(=O)n(C)n(Cc5ccccc5Cl)c4c3C#N)cn2)CCN1C(=O)CO. The van der Waals surface area contributed by atoms with Crippen LogP contribution in [0.1, 0.15) is 18.1 Å². The first-order chi connectivity index (χ1) is 18.3. The van der Waals surface area contributed by atoms with Crippen molar-refractivity contribution in [2.75, 3.05) is 31.1 Å². The first kappa shape index (κ1) is 25.4. The van der Waals surface area contributed by atoms with E-state index in [0.717, 1.165) is 5.56 Å². The van der Waals surface area contributed by atoms with E-state index in [0.29, 0.717) is 64.7 Å². The minimum Gasteiger partial charge on any atom is -0.387 e. The van der Waals surface area contributed by atoms with Crippen LogP contribution in [0.4, 0.5) is 5.95 Å². The summed E-state index contributed by atoms with van der Waals surface area (Å²) in [5.41, 5.74) is 2.79. The van der Waals surface area contributed by atoms with Gasteiger partial charge in [-0.2, -0.15) is 5.26 Å². The predicted molar refractivity (Wildman–Crippen MR) is 144 cm³/mol. The number of nitrogens with zero attached hydrogens (tertiary/aromatic N) is 7. The van der Waals surface area contributed by atoms with Gasteiger partial charge in [-0.05, 0) is 24.6 Å². The zero-order chi connectivity index (χ0) is 27.0. The molecule has 194 valence electrons. The van der Waals surface area contributed by atoms with E-state index in [9.17, 15) is 20.0 Å². The molecule has 1 fully saturated rings. The average Bonchev–Trinajstić information content (AvgIpc) is 3.18. The highest BCUT2D eigenvalue weighted by Crippen LogP contribution is 2.30. The molecule has 1 atom stereocenters. The number of aliphatic hydroxyl groups excluding tert-OH is 1. The molecule has 1 N–H and O–H groups in total. The van der Waals surface area contributed by atoms with Gasteiger partial charge in [0.05, 0.1) is 23.0 Å². The first-order valence-electron chi connectivity index (χ1n) is 12.2. The molecule has 0 spiro atoms. The standard InChI is InChI=1S/C27H26ClN7O3/c1-17-14-33(9-10-34(17)24(37)16-36)27-30-12-19(13-31-27)20-7-8-21-25(22(20)11-29)35(32(2)26(21)38)15-18-5-3-4-6-23(18)28/h3-8,12-13,17,36H,9-10,14-16H2,1-2H3/t17-/m1/s1. The lowest BCUT2D eigenvalue weighted by Crippen LogP contribution is -2.55. The number of anilines is 1. The summed E-state index contributed by atoms with van der Waals surface area (Å²) >= 11 is 6.39. The second kappa shape index (κ2) is 10.3. The molecule has 1 amide bonds. The van der Waals surface area contributed by atoms with E-state index in [1.165, 1.54) is 4.68 Å². The molecule has 1 aliphatic rings. The van der Waals surface area contributed by atoms with Crippen molar-refractivity contribution < 1.29 is 9.90 Å². The third kappa shape index (κ3) is 4.40. The van der Waals surface area contributed by atoms with Crippen molar-refractivity contribution in [2.45, 2.75) is 19.5 Å². The summed E-state index contributed by atoms with van der Waals surface area (Å²) in [4.78, 5) is 37.6. The average molecular weight is 532 g/mol. The van der Waals surface area contributed by atoms with Gasteiger partial charge >= 0.3 is 0 Å². The van der Waals surface area contributed by atoms with Crippen LogP contribution in [-0.4, -0.2) is 67.5 Å². The van der Waals surface area contributed by atoms with Crippen LogP contribution in [0.25, 0.3) is 22.0 Å². The molecule has 1 aliphatic heterocycles. The number of rotatable bonds is 5. The molecule has 0 bridgehead atoms. The number of hydrogen-bond acceptors (Lipinski definition) is 7. The van der Waals surface area contributed by atoms with E-state index in [1.807, 2.05) is 30.0 Å². The maximum absolute atomic E-state index is 13.0. The molecular formula is C27H26ClN7O3. The zero-order valence-electron chi connectivity index (χ0n) is 21.0. The van der Waals surface area contributed by atoms with Crippen molar-refractivity contribution in [2.24, 2.45) is 7.05 Å². The first-order valence-corrected chi connectivity index (χ1v) is 12.6. The number of halogens is 1. The Balaban J connectivity index is 1.50. The fraction of sp³-hybridized carbons (Fsp3) is 0.296. The van der Waals surface area contributed by atoms with E-state index in [1.54, 1.807) is 47.2 Å². The Labute approximate surface area is 223 Å². The fourth-order valence-corrected chi connectivity index (χ4v) is 5.21. The Bertz CT molecular complexity index is 1620. The summed E-state index contributed by atoms with van der Waals surface area (Å²) in [6.07, 6.45) is 3.33. The monoisotopic (exact) mass is 531 g/mol. The van der Waals surface area contributed by atoms with Crippen LogP contribution < -0.4 is 10.5 Å². The van der Waals surface area contributed by atoms with Crippen LogP contribution in [0.2, 0.25) is 5.02 Å². The number of aliphatic hydroxyl groups is 1. The van der Waals surface area contributed by atoms with E-state index in [4.69, 9.17) is 11.6 Å². The van der Waals surface area contributed by atoms with Gasteiger partial charge in [0.2, 0.25) is 11.9 Å². The molecule has 38 heavy (non-hydrogen) atoms. The third-order valence-electron chi connectivity index (χ3n) is 7.03. The fourth-order valence-electron chi connectivity index (χ4n) is 5.02. The number of fused-ring (bicyclic) bond motifs is 1. The number of hydrogen-bond donors (Lipinski definition) is 1. The number of carbonyl (C=O) groups is 1. The topological polar surface area (TPSA) is 120 Å². The molecule has 1 saturated heterocycles. The Morgan fingerprint density at radius 1 is 1.18 bits per heavy atom. The van der Waals surface area contributed by atoms with E-state index in [2.05, 4.69) is 16.0 Å². The van der Waals surface area contributed by atoms with Gasteiger partial charge in [-0.15, -0.1) is 0 Å². The summed E-state index contributed by atoms with van der Waals surface area (Å²) in [5, 5.41) is 20.4. The quantitative estimate of drug-likeness (QED) is 0.420. The Morgan fingerprint density at radius 3 is 2.58 bits per heavy atom. The zero-order valence-corrected chi connectivity index (χ0v) is 21.8. The molecule has 4 aromatic rings. The number of amides is 1. The molecule has 2 aromatic carbocycles. The van der Waals surface area contributed by atoms with Crippen LogP contribution in [0, 0.1) is 11.3 Å². The summed E-state index contributed by atoms with van der Waals surface area (Å²) in [7, 11) is 1.67. The minimum absolute atomic E-state index is 0.0905. The smallest absolute Gasteiger partial charge is 0.274 e. The van der Waals surface area contributed by atoms with Crippen LogP contribution >= 0.6 is 11.6 Å². The molecule has 0 radical (unpaired) electrons. The molecule has 3 heterocycles. The van der Waals surface area contributed by atoms with Gasteiger partial charge < -0.3 is 14.9 Å². The normalized spacial score (nSPS) is 15.6. The largest absolute Gasteiger partial charge is 0.387 e. The van der Waals surface area contributed by atoms with Crippen LogP contribution in [-0.2, 0) is 18.4 Å². The van der Waals surface area contributed by atoms with Gasteiger partial charge in [0.15, 0.2) is 0 Å². The van der Waals surface area contributed by atoms with E-state index in [-0.39, 0.29) is 17.5 Å². The van der Waals surface area contributed by atoms with Gasteiger partial charge in [-0.25, -0.2) is 9.97 Å². The lowest BCUT2D eigenvalue weighted by Gasteiger charge is -2.39. The molecule has 0 aliphatic carbocycles. The van der Waals surface area contributed by atoms with Crippen molar-refractivity contribution in [3.8, 4) is 17.2 Å². The second-order valence-corrected chi connectivity index (χ2v) is 9.69. The third-order valence-corrected chi connectivity index (χ3v) is 7.40. The number of nitriles is 1. The van der Waals surface area contributed by atoms with Crippen molar-refractivity contribution >= 4 is 34.4 Å². The van der Waals surface area contributed by atoms with Crippen molar-refractivity contribution in [3.63, 3.8) is 0 Å². The summed E-state index contributed by atoms with van der Waals surface area (Å²) in [6.45, 7) is 3.30. The van der Waals surface area contributed by atoms with Crippen LogP contribution in [0.5, 0.6) is 0 Å². The minimum atomic E-state index is -0.505. The lowest BCUT2D eigenvalue weighted by molar-refractivity contribution is -0.136. The number of benzene rings is 2. The van der Waals surface area contributed by atoms with Gasteiger partial charge in [0.25, 0.3) is 5.56 Å². The van der Waals surface area contributed by atoms with Crippen LogP contribution in [0.3, 0.4) is 0 Å². The molecule has 11 heteroatoms. The number of carbonyl (C=O) groups excluding carboxylic acids is 1. The maximum atomic E-state index is 13.0. The molecular weight excluding hydrogens is 506 g/mol. The van der Waals surface area contributed by atoms with Crippen LogP contribution in [0.15, 0.2) is 53.6 Å². The maximum Gasteiger partial charge on any atom is 0.274 e. The highest BCUT2D eigenvalue weighted by Gasteiger charge is 2.28. The molecule has 0 unspecified atom stereocenters. The molecule has 2 aromatic heterocycles. The van der Waals surface area contributed by atoms with E-state index >= 15 is 0 Å². The highest BCUT2D eigenvalue weighted by atomic mass is 35.5. The molecule has 5 rings (SSSR count). The predicted octanol–water partition coefficient (Wildman–Crippen LogP) is 2.40. The van der Waals surface area contributed by atoms with Gasteiger partial charge in [-0.3, -0.25) is 19.0 Å². The van der Waals surface area contributed by atoms with E-state index < -0.39 is 6.61 Å². The van der Waals surface area contributed by atoms with Gasteiger partial charge in [0, 0.05) is 61.3 Å². The highest BCUT2D eigenvalue weighted by molar-refractivity contribution is 6.31. The van der Waals surface area contributed by atoms with Crippen molar-refractivity contribution in [3.05, 3.63) is 75.3 Å². The summed E-state index contributed by atoms with van der Waals surface area (Å²) < 4.78 is 3.27. The lowest BCUT2D eigenvalue weighted by atomic mass is 10.00. The molecule has 0 saturated carbocycles. The van der Waals surface area contributed by atoms with Gasteiger partial charge in [0.1, 0.15) is 12.7 Å². The number of aromatic nitrogens is 4. The second-order valence-electron chi connectivity index (χ2n) is 9.29. The Kier molecular flexibility index (Phi) is 6.89. The molecule has 10 nitrogen and oxygen atoms in total. The van der Waals surface area contributed by atoms with Crippen molar-refractivity contribution in [1.82, 2.24) is 24.2 Å². The number of piperazine rings is 1.